The number of aryl methyl sites for hydroxylation is 1. The molecule has 3 rings (SSSR count). The second-order valence-corrected chi connectivity index (χ2v) is 6.48. The molecule has 122 valence electrons. The molecular formula is C17H16N4O2S. The predicted octanol–water partition coefficient (Wildman–Crippen LogP) is 2.24. The van der Waals surface area contributed by atoms with E-state index in [9.17, 15) is 9.59 Å². The second-order valence-electron chi connectivity index (χ2n) is 5.59. The van der Waals surface area contributed by atoms with E-state index in [1.807, 2.05) is 6.07 Å². The maximum atomic E-state index is 12.7. The number of carbonyl (C=O) groups excluding carboxylic acids is 2. The van der Waals surface area contributed by atoms with Crippen LogP contribution in [0.1, 0.15) is 27.9 Å². The summed E-state index contributed by atoms with van der Waals surface area (Å²) in [5.74, 6) is -0.631. The molecule has 0 radical (unpaired) electrons. The summed E-state index contributed by atoms with van der Waals surface area (Å²) in [5.41, 5.74) is 7.69. The van der Waals surface area contributed by atoms with Crippen molar-refractivity contribution in [3.05, 3.63) is 46.3 Å². The highest BCUT2D eigenvalue weighted by Gasteiger charge is 2.34. The highest BCUT2D eigenvalue weighted by atomic mass is 32.1. The van der Waals surface area contributed by atoms with Gasteiger partial charge in [-0.2, -0.15) is 5.26 Å². The van der Waals surface area contributed by atoms with Gasteiger partial charge in [0.1, 0.15) is 17.1 Å². The van der Waals surface area contributed by atoms with Gasteiger partial charge in [0.25, 0.3) is 5.91 Å². The SMILES string of the molecule is Cc1cccc(N[C@H]2CCN(c3sccc3C#N)C2=O)c1C(N)=O. The number of anilines is 2. The molecule has 0 saturated carbocycles. The van der Waals surface area contributed by atoms with Gasteiger partial charge < -0.3 is 16.0 Å². The maximum Gasteiger partial charge on any atom is 0.251 e. The third-order valence-corrected chi connectivity index (χ3v) is 5.00. The fourth-order valence-corrected chi connectivity index (χ4v) is 3.80. The molecule has 1 aliphatic heterocycles. The Morgan fingerprint density at radius 2 is 2.25 bits per heavy atom. The lowest BCUT2D eigenvalue weighted by Gasteiger charge is -2.18. The molecule has 0 spiro atoms. The van der Waals surface area contributed by atoms with Gasteiger partial charge in [-0.1, -0.05) is 12.1 Å². The number of hydrogen-bond acceptors (Lipinski definition) is 5. The van der Waals surface area contributed by atoms with Crippen LogP contribution in [0.15, 0.2) is 29.6 Å². The normalized spacial score (nSPS) is 16.9. The molecule has 6 nitrogen and oxygen atoms in total. The Kier molecular flexibility index (Phi) is 4.23. The van der Waals surface area contributed by atoms with Crippen LogP contribution in [0.5, 0.6) is 0 Å². The molecular weight excluding hydrogens is 324 g/mol. The molecule has 3 N–H and O–H groups in total. The van der Waals surface area contributed by atoms with Crippen LogP contribution in [0.2, 0.25) is 0 Å². The van der Waals surface area contributed by atoms with Gasteiger partial charge in [0.2, 0.25) is 5.91 Å². The smallest absolute Gasteiger partial charge is 0.251 e. The summed E-state index contributed by atoms with van der Waals surface area (Å²) in [6, 6.07) is 8.73. The van der Waals surface area contributed by atoms with Crippen molar-refractivity contribution in [3.63, 3.8) is 0 Å². The van der Waals surface area contributed by atoms with E-state index in [1.165, 1.54) is 11.3 Å². The molecule has 1 fully saturated rings. The highest BCUT2D eigenvalue weighted by molar-refractivity contribution is 7.14. The zero-order valence-corrected chi connectivity index (χ0v) is 13.9. The van der Waals surface area contributed by atoms with Crippen molar-refractivity contribution < 1.29 is 9.59 Å². The lowest BCUT2D eigenvalue weighted by Crippen LogP contribution is -2.34. The maximum absolute atomic E-state index is 12.7. The number of nitrogens with two attached hydrogens (primary N) is 1. The average Bonchev–Trinajstić information content (AvgIpc) is 3.14. The zero-order chi connectivity index (χ0) is 17.3. The monoisotopic (exact) mass is 340 g/mol. The van der Waals surface area contributed by atoms with Crippen LogP contribution in [0, 0.1) is 18.3 Å². The molecule has 2 heterocycles. The van der Waals surface area contributed by atoms with Crippen LogP contribution in [0.25, 0.3) is 0 Å². The van der Waals surface area contributed by atoms with E-state index in [0.29, 0.717) is 34.8 Å². The Bertz CT molecular complexity index is 853. The molecule has 1 aromatic carbocycles. The van der Waals surface area contributed by atoms with E-state index >= 15 is 0 Å². The zero-order valence-electron chi connectivity index (χ0n) is 13.1. The second kappa shape index (κ2) is 6.34. The van der Waals surface area contributed by atoms with Crippen molar-refractivity contribution >= 4 is 33.8 Å². The lowest BCUT2D eigenvalue weighted by molar-refractivity contribution is -0.117. The van der Waals surface area contributed by atoms with E-state index < -0.39 is 11.9 Å². The number of rotatable bonds is 4. The Labute approximate surface area is 143 Å². The van der Waals surface area contributed by atoms with Crippen LogP contribution in [0.4, 0.5) is 10.7 Å². The predicted molar refractivity (Wildman–Crippen MR) is 93.1 cm³/mol. The van der Waals surface area contributed by atoms with E-state index in [-0.39, 0.29) is 5.91 Å². The fraction of sp³-hybridized carbons (Fsp3) is 0.235. The first-order valence-corrected chi connectivity index (χ1v) is 8.36. The summed E-state index contributed by atoms with van der Waals surface area (Å²) in [4.78, 5) is 26.0. The van der Waals surface area contributed by atoms with Crippen LogP contribution in [0.3, 0.4) is 0 Å². The molecule has 0 aliphatic carbocycles. The number of nitrogens with zero attached hydrogens (tertiary/aromatic N) is 2. The molecule has 2 aromatic rings. The van der Waals surface area contributed by atoms with Crippen LogP contribution in [-0.2, 0) is 4.79 Å². The van der Waals surface area contributed by atoms with Crippen molar-refractivity contribution in [2.75, 3.05) is 16.8 Å². The number of primary amides is 1. The van der Waals surface area contributed by atoms with Crippen LogP contribution in [-0.4, -0.2) is 24.4 Å². The summed E-state index contributed by atoms with van der Waals surface area (Å²) in [5, 5.41) is 14.7. The van der Waals surface area contributed by atoms with Gasteiger partial charge in [-0.05, 0) is 36.4 Å². The minimum atomic E-state index is -0.525. The number of nitriles is 1. The van der Waals surface area contributed by atoms with Crippen molar-refractivity contribution in [2.24, 2.45) is 5.73 Å². The first-order valence-electron chi connectivity index (χ1n) is 7.48. The van der Waals surface area contributed by atoms with Gasteiger partial charge in [-0.3, -0.25) is 9.59 Å². The largest absolute Gasteiger partial charge is 0.373 e. The standard InChI is InChI=1S/C17H16N4O2S/c1-10-3-2-4-12(14(10)15(19)22)20-13-5-7-21(16(13)23)17-11(9-18)6-8-24-17/h2-4,6,8,13,20H,5,7H2,1H3,(H2,19,22)/t13-/m0/s1. The minimum Gasteiger partial charge on any atom is -0.373 e. The highest BCUT2D eigenvalue weighted by Crippen LogP contribution is 2.32. The van der Waals surface area contributed by atoms with Crippen molar-refractivity contribution in [3.8, 4) is 6.07 Å². The molecule has 1 saturated heterocycles. The van der Waals surface area contributed by atoms with E-state index in [4.69, 9.17) is 11.0 Å². The van der Waals surface area contributed by atoms with Gasteiger partial charge in [0, 0.05) is 12.2 Å². The van der Waals surface area contributed by atoms with E-state index in [0.717, 1.165) is 5.56 Å². The lowest BCUT2D eigenvalue weighted by atomic mass is 10.1. The van der Waals surface area contributed by atoms with Gasteiger partial charge in [-0.15, -0.1) is 11.3 Å². The van der Waals surface area contributed by atoms with E-state index in [2.05, 4.69) is 11.4 Å². The Balaban J connectivity index is 1.84. The van der Waals surface area contributed by atoms with Crippen molar-refractivity contribution in [1.29, 1.82) is 5.26 Å². The quantitative estimate of drug-likeness (QED) is 0.891. The Hall–Kier alpha value is -2.85. The van der Waals surface area contributed by atoms with Gasteiger partial charge in [-0.25, -0.2) is 0 Å². The fourth-order valence-electron chi connectivity index (χ4n) is 2.91. The summed E-state index contributed by atoms with van der Waals surface area (Å²) in [6.07, 6.45) is 0.591. The molecule has 7 heteroatoms. The third-order valence-electron chi connectivity index (χ3n) is 4.06. The average molecular weight is 340 g/mol. The molecule has 24 heavy (non-hydrogen) atoms. The Morgan fingerprint density at radius 1 is 1.46 bits per heavy atom. The first kappa shape index (κ1) is 16.0. The number of hydrogen-bond donors (Lipinski definition) is 2. The molecule has 1 atom stereocenters. The number of thiophene rings is 1. The topological polar surface area (TPSA) is 99.2 Å². The van der Waals surface area contributed by atoms with E-state index in [1.54, 1.807) is 35.4 Å². The molecule has 0 unspecified atom stereocenters. The molecule has 2 amide bonds. The molecule has 1 aromatic heterocycles. The summed E-state index contributed by atoms with van der Waals surface area (Å²) >= 11 is 1.37. The van der Waals surface area contributed by atoms with Gasteiger partial charge in [0.05, 0.1) is 11.1 Å². The first-order chi connectivity index (χ1) is 11.5. The molecule has 1 aliphatic rings. The summed E-state index contributed by atoms with van der Waals surface area (Å²) < 4.78 is 0. The third kappa shape index (κ3) is 2.72. The van der Waals surface area contributed by atoms with Crippen LogP contribution < -0.4 is 16.0 Å². The number of benzene rings is 1. The minimum absolute atomic E-state index is 0.106. The summed E-state index contributed by atoms with van der Waals surface area (Å²) in [6.45, 7) is 2.34. The van der Waals surface area contributed by atoms with Gasteiger partial charge in [0.15, 0.2) is 0 Å². The van der Waals surface area contributed by atoms with Gasteiger partial charge >= 0.3 is 0 Å². The number of carbonyl (C=O) groups is 2. The van der Waals surface area contributed by atoms with Crippen molar-refractivity contribution in [1.82, 2.24) is 0 Å². The van der Waals surface area contributed by atoms with Crippen molar-refractivity contribution in [2.45, 2.75) is 19.4 Å². The number of nitrogens with one attached hydrogen (secondary N) is 1. The summed E-state index contributed by atoms with van der Waals surface area (Å²) in [7, 11) is 0. The number of amides is 2. The Morgan fingerprint density at radius 3 is 2.96 bits per heavy atom. The molecule has 0 bridgehead atoms. The van der Waals surface area contributed by atoms with Crippen LogP contribution >= 0.6 is 11.3 Å².